The van der Waals surface area contributed by atoms with Gasteiger partial charge in [0.15, 0.2) is 18.7 Å². The zero-order valence-corrected chi connectivity index (χ0v) is 39.1. The summed E-state index contributed by atoms with van der Waals surface area (Å²) in [5.41, 5.74) is -3.47. The van der Waals surface area contributed by atoms with E-state index in [0.29, 0.717) is 38.5 Å². The number of fused-ring (bicyclic) bond motifs is 7. The van der Waals surface area contributed by atoms with Crippen LogP contribution in [0.4, 0.5) is 0 Å². The van der Waals surface area contributed by atoms with Crippen LogP contribution in [0.1, 0.15) is 99.8 Å². The third-order valence-corrected chi connectivity index (χ3v) is 19.3. The number of aliphatic hydroxyl groups is 12. The van der Waals surface area contributed by atoms with E-state index in [1.54, 1.807) is 6.92 Å². The van der Waals surface area contributed by atoms with Crippen LogP contribution in [0.2, 0.25) is 0 Å². The van der Waals surface area contributed by atoms with E-state index in [9.17, 15) is 61.3 Å². The van der Waals surface area contributed by atoms with Crippen molar-refractivity contribution in [1.29, 1.82) is 0 Å². The number of rotatable bonds is 8. The van der Waals surface area contributed by atoms with Crippen molar-refractivity contribution in [2.75, 3.05) is 19.8 Å². The fourth-order valence-corrected chi connectivity index (χ4v) is 15.0. The molecule has 0 aromatic heterocycles. The fourth-order valence-electron chi connectivity index (χ4n) is 15.0. The van der Waals surface area contributed by atoms with Crippen molar-refractivity contribution in [2.45, 2.75) is 204 Å². The van der Waals surface area contributed by atoms with E-state index in [2.05, 4.69) is 40.7 Å². The summed E-state index contributed by atoms with van der Waals surface area (Å²) < 4.78 is 35.5. The van der Waals surface area contributed by atoms with E-state index < -0.39 is 152 Å². The molecular weight excluding hydrogens is 868 g/mol. The second-order valence-electron chi connectivity index (χ2n) is 22.9. The van der Waals surface area contributed by atoms with Crippen LogP contribution in [-0.4, -0.2) is 191 Å². The fraction of sp³-hybridized carbons (Fsp3) is 0.936. The molecule has 12 N–H and O–H groups in total. The highest BCUT2D eigenvalue weighted by molar-refractivity contribution is 5.79. The second-order valence-corrected chi connectivity index (χ2v) is 22.9. The van der Waals surface area contributed by atoms with Gasteiger partial charge in [0.1, 0.15) is 61.0 Å². The molecule has 0 aromatic carbocycles. The normalized spacial score (nSPS) is 55.9. The summed E-state index contributed by atoms with van der Waals surface area (Å²) in [6, 6.07) is 0. The van der Waals surface area contributed by atoms with E-state index in [4.69, 9.17) is 28.4 Å². The number of aliphatic hydroxyl groups excluding tert-OH is 11. The monoisotopic (exact) mass is 944 g/mol. The molecule has 3 saturated heterocycles. The van der Waals surface area contributed by atoms with Crippen molar-refractivity contribution < 1.29 is 94.5 Å². The average molecular weight is 945 g/mol. The maximum Gasteiger partial charge on any atom is 0.315 e. The first-order valence-electron chi connectivity index (χ1n) is 24.0. The maximum atomic E-state index is 15.4. The SMILES string of the molecule is C[C@@H]1CC[C@]2(C(=O)O[C@@H]3O[C@H](CO)[C@@H](O[C@@H]4O[C@H](CO)[C@@H](O)[C@H](O)[C@H]4O)[C@H](O)[C@H]3O[C@@H]3OC[C@@H](O)[C@@H](O)[C@@H]3O)CC[C@]3(C)C(=CC[C@@H]4[C@@]5(C)C[C@@H](O)[C@H](O)C(C)(C)[C@@H]5CC[C@]43C)[C@@H]2[C@]1(C)O. The van der Waals surface area contributed by atoms with Gasteiger partial charge in [-0.1, -0.05) is 53.2 Å². The van der Waals surface area contributed by atoms with E-state index in [1.165, 1.54) is 0 Å². The van der Waals surface area contributed by atoms with Crippen molar-refractivity contribution in [3.05, 3.63) is 11.6 Å². The first-order valence-corrected chi connectivity index (χ1v) is 24.0. The van der Waals surface area contributed by atoms with Crippen LogP contribution < -0.4 is 0 Å². The largest absolute Gasteiger partial charge is 0.432 e. The molecular formula is C47H76O19. The Morgan fingerprint density at radius 2 is 1.33 bits per heavy atom. The number of allylic oxidation sites excluding steroid dienone is 1. The highest BCUT2D eigenvalue weighted by Crippen LogP contribution is 2.76. The third-order valence-electron chi connectivity index (χ3n) is 19.3. The summed E-state index contributed by atoms with van der Waals surface area (Å²) in [7, 11) is 0. The molecule has 4 saturated carbocycles. The Morgan fingerprint density at radius 1 is 0.697 bits per heavy atom. The molecule has 25 atom stereocenters. The number of hydrogen-bond donors (Lipinski definition) is 12. The smallest absolute Gasteiger partial charge is 0.315 e. The molecule has 0 radical (unpaired) electrons. The summed E-state index contributed by atoms with van der Waals surface area (Å²) in [6.45, 7) is 12.5. The predicted molar refractivity (Wildman–Crippen MR) is 227 cm³/mol. The van der Waals surface area contributed by atoms with Crippen molar-refractivity contribution in [2.24, 2.45) is 50.7 Å². The van der Waals surface area contributed by atoms with Crippen LogP contribution >= 0.6 is 0 Å². The van der Waals surface area contributed by atoms with Gasteiger partial charge in [-0.2, -0.15) is 0 Å². The summed E-state index contributed by atoms with van der Waals surface area (Å²) in [4.78, 5) is 15.4. The molecule has 3 heterocycles. The van der Waals surface area contributed by atoms with Gasteiger partial charge in [-0.25, -0.2) is 0 Å². The molecule has 0 unspecified atom stereocenters. The van der Waals surface area contributed by atoms with Gasteiger partial charge in [0.25, 0.3) is 0 Å². The molecule has 8 rings (SSSR count). The first-order chi connectivity index (χ1) is 30.8. The van der Waals surface area contributed by atoms with E-state index >= 15 is 4.79 Å². The minimum absolute atomic E-state index is 0.116. The van der Waals surface area contributed by atoms with Gasteiger partial charge in [-0.05, 0) is 97.7 Å². The lowest BCUT2D eigenvalue weighted by atomic mass is 9.33. The Labute approximate surface area is 385 Å². The Balaban J connectivity index is 1.13. The highest BCUT2D eigenvalue weighted by atomic mass is 16.8. The summed E-state index contributed by atoms with van der Waals surface area (Å²) >= 11 is 0. The molecule has 19 heteroatoms. The van der Waals surface area contributed by atoms with Gasteiger partial charge in [-0.15, -0.1) is 0 Å². The zero-order chi connectivity index (χ0) is 48.4. The van der Waals surface area contributed by atoms with E-state index in [-0.39, 0.29) is 28.6 Å². The summed E-state index contributed by atoms with van der Waals surface area (Å²) in [6.07, 6.45) is -19.6. The van der Waals surface area contributed by atoms with Crippen LogP contribution in [0.15, 0.2) is 11.6 Å². The lowest BCUT2D eigenvalue weighted by molar-refractivity contribution is -0.378. The van der Waals surface area contributed by atoms with Gasteiger partial charge in [0.2, 0.25) is 6.29 Å². The minimum Gasteiger partial charge on any atom is -0.432 e. The molecule has 8 aliphatic rings. The van der Waals surface area contributed by atoms with Crippen LogP contribution in [0.3, 0.4) is 0 Å². The number of carbonyl (C=O) groups is 1. The number of esters is 1. The Hall–Kier alpha value is -1.47. The average Bonchev–Trinajstić information content (AvgIpc) is 3.26. The molecule has 0 amide bonds. The zero-order valence-electron chi connectivity index (χ0n) is 39.1. The van der Waals surface area contributed by atoms with E-state index in [0.717, 1.165) is 18.4 Å². The Kier molecular flexibility index (Phi) is 13.6. The van der Waals surface area contributed by atoms with Gasteiger partial charge >= 0.3 is 5.97 Å². The predicted octanol–water partition coefficient (Wildman–Crippen LogP) is -1.28. The topological polar surface area (TPSA) is 315 Å². The van der Waals surface area contributed by atoms with Gasteiger partial charge in [0.05, 0.1) is 43.0 Å². The first kappa shape index (κ1) is 50.9. The van der Waals surface area contributed by atoms with Crippen molar-refractivity contribution in [3.8, 4) is 0 Å². The van der Waals surface area contributed by atoms with Gasteiger partial charge < -0.3 is 89.7 Å². The number of hydrogen-bond acceptors (Lipinski definition) is 19. The molecule has 7 fully saturated rings. The van der Waals surface area contributed by atoms with E-state index in [1.807, 2.05) is 6.92 Å². The summed E-state index contributed by atoms with van der Waals surface area (Å²) in [5.74, 6) is -1.49. The number of ether oxygens (including phenoxy) is 6. The molecule has 0 aromatic rings. The lowest BCUT2D eigenvalue weighted by Gasteiger charge is -2.72. The Bertz CT molecular complexity index is 1810. The molecule has 19 nitrogen and oxygen atoms in total. The second kappa shape index (κ2) is 17.7. The van der Waals surface area contributed by atoms with Crippen molar-refractivity contribution >= 4 is 5.97 Å². The third kappa shape index (κ3) is 7.51. The van der Waals surface area contributed by atoms with Crippen molar-refractivity contribution in [3.63, 3.8) is 0 Å². The van der Waals surface area contributed by atoms with Crippen LogP contribution in [0.5, 0.6) is 0 Å². The minimum atomic E-state index is -1.96. The highest BCUT2D eigenvalue weighted by Gasteiger charge is 2.72. The maximum absolute atomic E-state index is 15.4. The van der Waals surface area contributed by atoms with Crippen LogP contribution in [-0.2, 0) is 33.2 Å². The molecule has 0 spiro atoms. The van der Waals surface area contributed by atoms with Gasteiger partial charge in [-0.3, -0.25) is 4.79 Å². The molecule has 0 bridgehead atoms. The Morgan fingerprint density at radius 3 is 2.00 bits per heavy atom. The van der Waals surface area contributed by atoms with Gasteiger partial charge in [0, 0.05) is 5.92 Å². The number of carbonyl (C=O) groups excluding carboxylic acids is 1. The van der Waals surface area contributed by atoms with Crippen molar-refractivity contribution in [1.82, 2.24) is 0 Å². The molecule has 5 aliphatic carbocycles. The quantitative estimate of drug-likeness (QED) is 0.0996. The molecule has 3 aliphatic heterocycles. The van der Waals surface area contributed by atoms with Crippen LogP contribution in [0.25, 0.3) is 0 Å². The molecule has 378 valence electrons. The molecule has 66 heavy (non-hydrogen) atoms. The standard InChI is InChI=1S/C47H76O19/c1-20-10-13-47(15-14-44(5)21(36(47)46(20,7)60)8-9-27-43(4)16-22(50)37(58)42(2,3)26(43)11-12-45(27,44)6)41(59)66-40-35(65-38-31(55)28(52)23(51)19-61-38)33(57)34(25(18-49)63-40)64-39-32(56)30(54)29(53)24(17-48)62-39/h8,20,22-40,48-58,60H,9-19H2,1-7H3/t20-,22-,23-,24-,25-,26+,27-,28-,29-,30+,31+,32-,33+,34-,35-,36-,37+,38+,39+,40+,43+,44-,45-,46-,47+/m1/s1. The summed E-state index contributed by atoms with van der Waals surface area (Å²) in [5, 5.41) is 131. The van der Waals surface area contributed by atoms with Crippen LogP contribution in [0, 0.1) is 50.7 Å². The lowest BCUT2D eigenvalue weighted by Crippen LogP contribution is -2.69.